The van der Waals surface area contributed by atoms with Crippen LogP contribution in [0.25, 0.3) is 10.8 Å². The van der Waals surface area contributed by atoms with E-state index in [2.05, 4.69) is 29.5 Å². The topological polar surface area (TPSA) is 83.6 Å². The number of pyridine rings is 1. The van der Waals surface area contributed by atoms with Gasteiger partial charge in [-0.2, -0.15) is 0 Å². The average Bonchev–Trinajstić information content (AvgIpc) is 2.80. The molecular formula is C25H29ClN4O3. The molecule has 0 bridgehead atoms. The Kier molecular flexibility index (Phi) is 8.49. The summed E-state index contributed by atoms with van der Waals surface area (Å²) >= 11 is 6.17. The zero-order valence-corrected chi connectivity index (χ0v) is 19.8. The molecule has 0 fully saturated rings. The lowest BCUT2D eigenvalue weighted by atomic mass is 10.0. The molecule has 3 amide bonds. The van der Waals surface area contributed by atoms with Gasteiger partial charge in [0.1, 0.15) is 12.4 Å². The predicted molar refractivity (Wildman–Crippen MR) is 131 cm³/mol. The van der Waals surface area contributed by atoms with Gasteiger partial charge >= 0.3 is 12.1 Å². The molecule has 3 rings (SSSR count). The van der Waals surface area contributed by atoms with Crippen molar-refractivity contribution in [2.75, 3.05) is 19.0 Å². The molecule has 0 radical (unpaired) electrons. The standard InChI is InChI=1S/C25H29ClN4O3/c1-17(2)12-21(30(3)24(31)28-15-20-10-6-7-11-22(20)26)16-33-25(32)29-23-13-18-8-4-5-9-19(18)14-27-23/h4-11,13-14,17,21H,12,15-16H2,1-3H3,(H,28,31)(H,27,29,32)/t21-/m0/s1. The van der Waals surface area contributed by atoms with Gasteiger partial charge < -0.3 is 15.0 Å². The van der Waals surface area contributed by atoms with E-state index < -0.39 is 6.09 Å². The van der Waals surface area contributed by atoms with Crippen molar-refractivity contribution in [3.8, 4) is 0 Å². The number of carbonyl (C=O) groups excluding carboxylic acids is 2. The molecule has 8 heteroatoms. The Morgan fingerprint density at radius 1 is 1.09 bits per heavy atom. The molecule has 174 valence electrons. The lowest BCUT2D eigenvalue weighted by molar-refractivity contribution is 0.109. The second-order valence-corrected chi connectivity index (χ2v) is 8.69. The first-order valence-electron chi connectivity index (χ1n) is 10.9. The number of nitrogens with zero attached hydrogens (tertiary/aromatic N) is 2. The number of halogens is 1. The minimum atomic E-state index is -0.614. The zero-order chi connectivity index (χ0) is 23.8. The van der Waals surface area contributed by atoms with Gasteiger partial charge in [-0.1, -0.05) is 67.9 Å². The van der Waals surface area contributed by atoms with Crippen molar-refractivity contribution in [1.29, 1.82) is 0 Å². The molecule has 0 aliphatic carbocycles. The monoisotopic (exact) mass is 468 g/mol. The summed E-state index contributed by atoms with van der Waals surface area (Å²) in [7, 11) is 1.70. The number of ether oxygens (including phenoxy) is 1. The van der Waals surface area contributed by atoms with Gasteiger partial charge in [-0.15, -0.1) is 0 Å². The van der Waals surface area contributed by atoms with Crippen molar-refractivity contribution < 1.29 is 14.3 Å². The van der Waals surface area contributed by atoms with E-state index in [-0.39, 0.29) is 18.7 Å². The first-order chi connectivity index (χ1) is 15.8. The van der Waals surface area contributed by atoms with Gasteiger partial charge in [0.15, 0.2) is 0 Å². The molecular weight excluding hydrogens is 440 g/mol. The number of aromatic nitrogens is 1. The van der Waals surface area contributed by atoms with E-state index in [1.165, 1.54) is 0 Å². The SMILES string of the molecule is CC(C)C[C@@H](COC(=O)Nc1cc2ccccc2cn1)N(C)C(=O)NCc1ccccc1Cl. The Balaban J connectivity index is 1.56. The molecule has 0 aliphatic rings. The van der Waals surface area contributed by atoms with Crippen LogP contribution in [-0.4, -0.2) is 41.7 Å². The average molecular weight is 469 g/mol. The quantitative estimate of drug-likeness (QED) is 0.444. The van der Waals surface area contributed by atoms with Crippen molar-refractivity contribution >= 4 is 40.3 Å². The summed E-state index contributed by atoms with van der Waals surface area (Å²) < 4.78 is 5.44. The second-order valence-electron chi connectivity index (χ2n) is 8.28. The number of amides is 3. The van der Waals surface area contributed by atoms with E-state index >= 15 is 0 Å². The lowest BCUT2D eigenvalue weighted by Crippen LogP contribution is -2.46. The number of fused-ring (bicyclic) bond motifs is 1. The van der Waals surface area contributed by atoms with Gasteiger partial charge in [-0.25, -0.2) is 14.6 Å². The fourth-order valence-electron chi connectivity index (χ4n) is 3.45. The summed E-state index contributed by atoms with van der Waals surface area (Å²) in [6.07, 6.45) is 1.76. The Hall–Kier alpha value is -3.32. The van der Waals surface area contributed by atoms with Gasteiger partial charge in [-0.05, 0) is 35.4 Å². The normalized spacial score (nSPS) is 11.8. The van der Waals surface area contributed by atoms with Crippen LogP contribution in [-0.2, 0) is 11.3 Å². The third-order valence-electron chi connectivity index (χ3n) is 5.27. The molecule has 0 saturated heterocycles. The summed E-state index contributed by atoms with van der Waals surface area (Å²) in [6.45, 7) is 4.49. The summed E-state index contributed by atoms with van der Waals surface area (Å²) in [6, 6.07) is 16.4. The van der Waals surface area contributed by atoms with E-state index in [1.54, 1.807) is 30.3 Å². The molecule has 1 heterocycles. The third kappa shape index (κ3) is 7.08. The molecule has 33 heavy (non-hydrogen) atoms. The number of hydrogen-bond donors (Lipinski definition) is 2. The van der Waals surface area contributed by atoms with Crippen molar-refractivity contribution in [3.05, 3.63) is 71.4 Å². The van der Waals surface area contributed by atoms with Gasteiger partial charge in [0.25, 0.3) is 0 Å². The molecule has 2 aromatic carbocycles. The largest absolute Gasteiger partial charge is 0.447 e. The van der Waals surface area contributed by atoms with Crippen LogP contribution < -0.4 is 10.6 Å². The number of hydrogen-bond acceptors (Lipinski definition) is 4. The predicted octanol–water partition coefficient (Wildman–Crippen LogP) is 5.69. The smallest absolute Gasteiger partial charge is 0.412 e. The minimum Gasteiger partial charge on any atom is -0.447 e. The highest BCUT2D eigenvalue weighted by Gasteiger charge is 2.23. The summed E-state index contributed by atoms with van der Waals surface area (Å²) in [5, 5.41) is 8.08. The van der Waals surface area contributed by atoms with Crippen LogP contribution in [0.3, 0.4) is 0 Å². The Labute approximate surface area is 199 Å². The van der Waals surface area contributed by atoms with Crippen molar-refractivity contribution in [1.82, 2.24) is 15.2 Å². The van der Waals surface area contributed by atoms with Crippen LogP contribution in [0.2, 0.25) is 5.02 Å². The third-order valence-corrected chi connectivity index (χ3v) is 5.64. The van der Waals surface area contributed by atoms with Crippen molar-refractivity contribution in [2.24, 2.45) is 5.92 Å². The summed E-state index contributed by atoms with van der Waals surface area (Å²) in [5.74, 6) is 0.715. The van der Waals surface area contributed by atoms with Crippen LogP contribution in [0.5, 0.6) is 0 Å². The molecule has 0 unspecified atom stereocenters. The molecule has 0 saturated carbocycles. The first kappa shape index (κ1) is 24.3. The molecule has 0 aliphatic heterocycles. The number of nitrogens with one attached hydrogen (secondary N) is 2. The molecule has 2 N–H and O–H groups in total. The van der Waals surface area contributed by atoms with E-state index in [0.29, 0.717) is 29.7 Å². The van der Waals surface area contributed by atoms with E-state index in [0.717, 1.165) is 16.3 Å². The van der Waals surface area contributed by atoms with Gasteiger partial charge in [0, 0.05) is 30.2 Å². The number of urea groups is 1. The van der Waals surface area contributed by atoms with E-state index in [9.17, 15) is 9.59 Å². The maximum absolute atomic E-state index is 12.7. The van der Waals surface area contributed by atoms with Gasteiger partial charge in [0.2, 0.25) is 0 Å². The lowest BCUT2D eigenvalue weighted by Gasteiger charge is -2.29. The highest BCUT2D eigenvalue weighted by molar-refractivity contribution is 6.31. The molecule has 7 nitrogen and oxygen atoms in total. The molecule has 1 atom stereocenters. The highest BCUT2D eigenvalue weighted by Crippen LogP contribution is 2.17. The van der Waals surface area contributed by atoms with Crippen LogP contribution in [0.15, 0.2) is 60.8 Å². The Bertz CT molecular complexity index is 1110. The van der Waals surface area contributed by atoms with Crippen molar-refractivity contribution in [2.45, 2.75) is 32.9 Å². The van der Waals surface area contributed by atoms with E-state index in [4.69, 9.17) is 16.3 Å². The zero-order valence-electron chi connectivity index (χ0n) is 19.0. The van der Waals surface area contributed by atoms with Crippen LogP contribution in [0.4, 0.5) is 15.4 Å². The number of anilines is 1. The van der Waals surface area contributed by atoms with Gasteiger partial charge in [0.05, 0.1) is 6.04 Å². The van der Waals surface area contributed by atoms with Crippen LogP contribution >= 0.6 is 11.6 Å². The molecule has 1 aromatic heterocycles. The van der Waals surface area contributed by atoms with E-state index in [1.807, 2.05) is 42.5 Å². The number of rotatable bonds is 8. The number of carbonyl (C=O) groups is 2. The Morgan fingerprint density at radius 2 is 1.79 bits per heavy atom. The Morgan fingerprint density at radius 3 is 2.52 bits per heavy atom. The number of likely N-dealkylation sites (N-methyl/N-ethyl adjacent to an activating group) is 1. The minimum absolute atomic E-state index is 0.0631. The fraction of sp³-hybridized carbons (Fsp3) is 0.320. The first-order valence-corrected chi connectivity index (χ1v) is 11.2. The second kappa shape index (κ2) is 11.5. The van der Waals surface area contributed by atoms with Crippen LogP contribution in [0.1, 0.15) is 25.8 Å². The molecule has 3 aromatic rings. The van der Waals surface area contributed by atoms with Crippen molar-refractivity contribution in [3.63, 3.8) is 0 Å². The highest BCUT2D eigenvalue weighted by atomic mass is 35.5. The summed E-state index contributed by atoms with van der Waals surface area (Å²) in [5.41, 5.74) is 0.833. The maximum atomic E-state index is 12.7. The van der Waals surface area contributed by atoms with Gasteiger partial charge in [-0.3, -0.25) is 5.32 Å². The summed E-state index contributed by atoms with van der Waals surface area (Å²) in [4.78, 5) is 30.9. The fourth-order valence-corrected chi connectivity index (χ4v) is 3.65. The number of benzene rings is 2. The van der Waals surface area contributed by atoms with Crippen LogP contribution in [0, 0.1) is 5.92 Å². The molecule has 0 spiro atoms. The maximum Gasteiger partial charge on any atom is 0.412 e.